The highest BCUT2D eigenvalue weighted by Crippen LogP contribution is 2.17. The molecule has 0 saturated heterocycles. The van der Waals surface area contributed by atoms with Crippen molar-refractivity contribution in [2.45, 2.75) is 32.5 Å². The lowest BCUT2D eigenvalue weighted by Crippen LogP contribution is -2.42. The molecule has 0 bridgehead atoms. The van der Waals surface area contributed by atoms with Crippen LogP contribution in [0.3, 0.4) is 0 Å². The number of halogens is 1. The number of benzene rings is 1. The standard InChI is InChI=1S/C14H22BrNO2/c1-3-8-16-10-14(2,17)11-18-9-12-6-4-5-7-13(12)15/h4-7,16-17H,3,8-11H2,1-2H3. The van der Waals surface area contributed by atoms with Gasteiger partial charge in [-0.3, -0.25) is 0 Å². The molecule has 0 aliphatic heterocycles. The predicted octanol–water partition coefficient (Wildman–Crippen LogP) is 2.72. The zero-order valence-electron chi connectivity index (χ0n) is 11.1. The highest BCUT2D eigenvalue weighted by molar-refractivity contribution is 9.10. The lowest BCUT2D eigenvalue weighted by atomic mass is 10.1. The van der Waals surface area contributed by atoms with Gasteiger partial charge in [0.05, 0.1) is 18.8 Å². The first-order valence-electron chi connectivity index (χ1n) is 6.29. The third kappa shape index (κ3) is 5.96. The Labute approximate surface area is 118 Å². The normalized spacial score (nSPS) is 14.4. The van der Waals surface area contributed by atoms with E-state index in [-0.39, 0.29) is 0 Å². The van der Waals surface area contributed by atoms with Crippen molar-refractivity contribution in [3.8, 4) is 0 Å². The minimum Gasteiger partial charge on any atom is -0.386 e. The van der Waals surface area contributed by atoms with Crippen LogP contribution in [0.4, 0.5) is 0 Å². The Bertz CT molecular complexity index is 355. The molecule has 1 aromatic rings. The Kier molecular flexibility index (Phi) is 6.86. The molecule has 0 aliphatic rings. The average molecular weight is 316 g/mol. The second kappa shape index (κ2) is 7.89. The van der Waals surface area contributed by atoms with E-state index < -0.39 is 5.60 Å². The Morgan fingerprint density at radius 1 is 1.39 bits per heavy atom. The van der Waals surface area contributed by atoms with Crippen molar-refractivity contribution in [3.05, 3.63) is 34.3 Å². The molecule has 102 valence electrons. The van der Waals surface area contributed by atoms with Gasteiger partial charge in [-0.25, -0.2) is 0 Å². The van der Waals surface area contributed by atoms with Gasteiger partial charge in [-0.15, -0.1) is 0 Å². The van der Waals surface area contributed by atoms with E-state index in [2.05, 4.69) is 28.2 Å². The summed E-state index contributed by atoms with van der Waals surface area (Å²) in [4.78, 5) is 0. The van der Waals surface area contributed by atoms with Crippen LogP contribution in [0.5, 0.6) is 0 Å². The van der Waals surface area contributed by atoms with Crippen LogP contribution in [-0.2, 0) is 11.3 Å². The number of nitrogens with one attached hydrogen (secondary N) is 1. The molecule has 0 spiro atoms. The molecule has 0 aliphatic carbocycles. The highest BCUT2D eigenvalue weighted by Gasteiger charge is 2.19. The van der Waals surface area contributed by atoms with E-state index >= 15 is 0 Å². The minimum absolute atomic E-state index is 0.324. The van der Waals surface area contributed by atoms with Crippen LogP contribution in [0.1, 0.15) is 25.8 Å². The van der Waals surface area contributed by atoms with E-state index in [1.807, 2.05) is 24.3 Å². The van der Waals surface area contributed by atoms with Crippen LogP contribution in [-0.4, -0.2) is 30.4 Å². The molecule has 0 aromatic heterocycles. The maximum atomic E-state index is 10.1. The van der Waals surface area contributed by atoms with E-state index in [0.717, 1.165) is 23.0 Å². The summed E-state index contributed by atoms with van der Waals surface area (Å²) >= 11 is 3.47. The maximum absolute atomic E-state index is 10.1. The zero-order valence-corrected chi connectivity index (χ0v) is 12.7. The Hall–Kier alpha value is -0.420. The highest BCUT2D eigenvalue weighted by atomic mass is 79.9. The van der Waals surface area contributed by atoms with Crippen LogP contribution < -0.4 is 5.32 Å². The van der Waals surface area contributed by atoms with Crippen molar-refractivity contribution in [3.63, 3.8) is 0 Å². The van der Waals surface area contributed by atoms with E-state index in [1.165, 1.54) is 0 Å². The number of aliphatic hydroxyl groups is 1. The molecule has 0 radical (unpaired) electrons. The Balaban J connectivity index is 2.30. The summed E-state index contributed by atoms with van der Waals surface area (Å²) in [7, 11) is 0. The van der Waals surface area contributed by atoms with Crippen LogP contribution >= 0.6 is 15.9 Å². The molecule has 0 amide bonds. The van der Waals surface area contributed by atoms with Crippen molar-refractivity contribution in [1.29, 1.82) is 0 Å². The molecular weight excluding hydrogens is 294 g/mol. The molecule has 2 N–H and O–H groups in total. The molecule has 0 heterocycles. The van der Waals surface area contributed by atoms with Crippen LogP contribution in [0, 0.1) is 0 Å². The first-order valence-corrected chi connectivity index (χ1v) is 7.09. The third-order valence-corrected chi connectivity index (χ3v) is 3.33. The first kappa shape index (κ1) is 15.6. The van der Waals surface area contributed by atoms with E-state index in [0.29, 0.717) is 19.8 Å². The van der Waals surface area contributed by atoms with E-state index in [4.69, 9.17) is 4.74 Å². The zero-order chi connectivity index (χ0) is 13.4. The van der Waals surface area contributed by atoms with E-state index in [1.54, 1.807) is 6.92 Å². The van der Waals surface area contributed by atoms with E-state index in [9.17, 15) is 5.11 Å². The Morgan fingerprint density at radius 3 is 2.78 bits per heavy atom. The van der Waals surface area contributed by atoms with Gasteiger partial charge < -0.3 is 15.2 Å². The summed E-state index contributed by atoms with van der Waals surface area (Å²) in [5.41, 5.74) is 0.269. The first-order chi connectivity index (χ1) is 8.55. The second-order valence-electron chi connectivity index (χ2n) is 4.76. The Morgan fingerprint density at radius 2 is 2.11 bits per heavy atom. The fourth-order valence-corrected chi connectivity index (χ4v) is 1.98. The van der Waals surface area contributed by atoms with Gasteiger partial charge in [-0.05, 0) is 31.5 Å². The molecule has 1 atom stereocenters. The molecule has 0 saturated carbocycles. The van der Waals surface area contributed by atoms with Gasteiger partial charge in [0.2, 0.25) is 0 Å². The molecule has 3 nitrogen and oxygen atoms in total. The monoisotopic (exact) mass is 315 g/mol. The quantitative estimate of drug-likeness (QED) is 0.725. The van der Waals surface area contributed by atoms with Crippen molar-refractivity contribution >= 4 is 15.9 Å². The van der Waals surface area contributed by atoms with Crippen LogP contribution in [0.15, 0.2) is 28.7 Å². The van der Waals surface area contributed by atoms with Gasteiger partial charge in [0.25, 0.3) is 0 Å². The molecular formula is C14H22BrNO2. The lowest BCUT2D eigenvalue weighted by Gasteiger charge is -2.23. The van der Waals surface area contributed by atoms with Gasteiger partial charge >= 0.3 is 0 Å². The van der Waals surface area contributed by atoms with Crippen molar-refractivity contribution in [2.24, 2.45) is 0 Å². The maximum Gasteiger partial charge on any atom is 0.0975 e. The molecule has 0 fully saturated rings. The minimum atomic E-state index is -0.823. The summed E-state index contributed by atoms with van der Waals surface area (Å²) < 4.78 is 6.61. The number of rotatable bonds is 8. The summed E-state index contributed by atoms with van der Waals surface area (Å²) in [6, 6.07) is 7.94. The average Bonchev–Trinajstić information content (AvgIpc) is 2.32. The number of hydrogen-bond acceptors (Lipinski definition) is 3. The van der Waals surface area contributed by atoms with Gasteiger partial charge in [0, 0.05) is 11.0 Å². The number of ether oxygens (including phenoxy) is 1. The van der Waals surface area contributed by atoms with Crippen molar-refractivity contribution < 1.29 is 9.84 Å². The fourth-order valence-electron chi connectivity index (χ4n) is 1.58. The fraction of sp³-hybridized carbons (Fsp3) is 0.571. The van der Waals surface area contributed by atoms with Crippen LogP contribution in [0.25, 0.3) is 0 Å². The summed E-state index contributed by atoms with van der Waals surface area (Å²) in [5, 5.41) is 13.3. The van der Waals surface area contributed by atoms with Gasteiger partial charge in [0.15, 0.2) is 0 Å². The summed E-state index contributed by atoms with van der Waals surface area (Å²) in [6.45, 7) is 6.19. The lowest BCUT2D eigenvalue weighted by molar-refractivity contribution is -0.0380. The SMILES string of the molecule is CCCNCC(C)(O)COCc1ccccc1Br. The second-order valence-corrected chi connectivity index (χ2v) is 5.61. The van der Waals surface area contributed by atoms with Gasteiger partial charge in [-0.2, -0.15) is 0 Å². The summed E-state index contributed by atoms with van der Waals surface area (Å²) in [5.74, 6) is 0. The largest absolute Gasteiger partial charge is 0.386 e. The molecule has 1 unspecified atom stereocenters. The number of hydrogen-bond donors (Lipinski definition) is 2. The molecule has 1 aromatic carbocycles. The molecule has 1 rings (SSSR count). The molecule has 4 heteroatoms. The van der Waals surface area contributed by atoms with Crippen molar-refractivity contribution in [2.75, 3.05) is 19.7 Å². The topological polar surface area (TPSA) is 41.5 Å². The van der Waals surface area contributed by atoms with Crippen molar-refractivity contribution in [1.82, 2.24) is 5.32 Å². The third-order valence-electron chi connectivity index (χ3n) is 2.56. The summed E-state index contributed by atoms with van der Waals surface area (Å²) in [6.07, 6.45) is 1.06. The molecule has 18 heavy (non-hydrogen) atoms. The van der Waals surface area contributed by atoms with Gasteiger partial charge in [-0.1, -0.05) is 41.1 Å². The van der Waals surface area contributed by atoms with Gasteiger partial charge in [0.1, 0.15) is 0 Å². The smallest absolute Gasteiger partial charge is 0.0975 e. The van der Waals surface area contributed by atoms with Crippen LogP contribution in [0.2, 0.25) is 0 Å². The predicted molar refractivity (Wildman–Crippen MR) is 77.6 cm³/mol.